The maximum atomic E-state index is 12.9. The summed E-state index contributed by atoms with van der Waals surface area (Å²) in [7, 11) is 0. The number of primary amides is 1. The third-order valence-electron chi connectivity index (χ3n) is 7.95. The van der Waals surface area contributed by atoms with Gasteiger partial charge in [-0.3, -0.25) is 19.3 Å². The molecule has 0 bridgehead atoms. The van der Waals surface area contributed by atoms with E-state index in [0.717, 1.165) is 61.6 Å². The van der Waals surface area contributed by atoms with Crippen molar-refractivity contribution in [3.05, 3.63) is 59.3 Å². The minimum Gasteiger partial charge on any atom is -0.489 e. The molecule has 0 radical (unpaired) electrons. The van der Waals surface area contributed by atoms with E-state index in [-0.39, 0.29) is 31.4 Å². The number of likely N-dealkylation sites (tertiary alicyclic amines) is 1. The highest BCUT2D eigenvalue weighted by Gasteiger charge is 2.36. The van der Waals surface area contributed by atoms with Gasteiger partial charge in [0.05, 0.1) is 5.52 Å². The molecule has 2 aromatic carbocycles. The van der Waals surface area contributed by atoms with E-state index in [1.807, 2.05) is 12.3 Å². The number of benzene rings is 2. The maximum absolute atomic E-state index is 12.9. The summed E-state index contributed by atoms with van der Waals surface area (Å²) in [6, 6.07) is 10.7. The van der Waals surface area contributed by atoms with Crippen molar-refractivity contribution in [2.24, 2.45) is 5.73 Å². The Kier molecular flexibility index (Phi) is 6.97. The molecule has 2 atom stereocenters. The predicted octanol–water partition coefficient (Wildman–Crippen LogP) is 2.17. The lowest BCUT2D eigenvalue weighted by Crippen LogP contribution is -2.45. The first-order chi connectivity index (χ1) is 19.3. The van der Waals surface area contributed by atoms with Gasteiger partial charge >= 0.3 is 5.97 Å². The lowest BCUT2D eigenvalue weighted by molar-refractivity contribution is -0.137. The molecule has 3 aromatic rings. The Hall–Kier alpha value is -4.25. The van der Waals surface area contributed by atoms with Crippen molar-refractivity contribution in [1.82, 2.24) is 19.8 Å². The molecule has 0 spiro atoms. The van der Waals surface area contributed by atoms with Crippen LogP contribution in [-0.4, -0.2) is 81.0 Å². The second-order valence-electron chi connectivity index (χ2n) is 10.8. The lowest BCUT2D eigenvalue weighted by Gasteiger charge is -2.30. The molecule has 208 valence electrons. The number of carbonyl (C=O) groups is 3. The molecule has 4 heterocycles. The van der Waals surface area contributed by atoms with Gasteiger partial charge < -0.3 is 25.4 Å². The fourth-order valence-corrected chi connectivity index (χ4v) is 5.68. The van der Waals surface area contributed by atoms with Crippen LogP contribution in [0.1, 0.15) is 47.2 Å². The Balaban J connectivity index is 1.06. The van der Waals surface area contributed by atoms with Gasteiger partial charge in [-0.05, 0) is 60.7 Å². The van der Waals surface area contributed by atoms with Crippen molar-refractivity contribution in [2.45, 2.75) is 50.9 Å². The second kappa shape index (κ2) is 10.7. The molecule has 3 N–H and O–H groups in total. The van der Waals surface area contributed by atoms with Crippen LogP contribution in [0.25, 0.3) is 10.9 Å². The molecule has 2 fully saturated rings. The number of anilines is 1. The van der Waals surface area contributed by atoms with Gasteiger partial charge in [0.1, 0.15) is 17.9 Å². The summed E-state index contributed by atoms with van der Waals surface area (Å²) in [4.78, 5) is 51.0. The van der Waals surface area contributed by atoms with Gasteiger partial charge in [0, 0.05) is 62.8 Å². The number of carboxylic acid groups (broad SMARTS) is 1. The molecular formula is C29H32N6O5. The normalized spacial score (nSPS) is 19.5. The number of rotatable bonds is 10. The number of amides is 2. The molecule has 0 saturated carbocycles. The van der Waals surface area contributed by atoms with E-state index >= 15 is 0 Å². The van der Waals surface area contributed by atoms with Gasteiger partial charge in [0.25, 0.3) is 5.91 Å². The Morgan fingerprint density at radius 2 is 2.00 bits per heavy atom. The quantitative estimate of drug-likeness (QED) is 0.393. The van der Waals surface area contributed by atoms with E-state index < -0.39 is 17.9 Å². The second-order valence-corrected chi connectivity index (χ2v) is 10.8. The first-order valence-electron chi connectivity index (χ1n) is 13.7. The Bertz CT molecular complexity index is 1470. The van der Waals surface area contributed by atoms with Gasteiger partial charge in [-0.1, -0.05) is 6.07 Å². The van der Waals surface area contributed by atoms with Crippen molar-refractivity contribution < 1.29 is 24.2 Å². The van der Waals surface area contributed by atoms with Crippen LogP contribution in [0, 0.1) is 0 Å². The first kappa shape index (κ1) is 26.0. The third kappa shape index (κ3) is 5.29. The topological polar surface area (TPSA) is 142 Å². The van der Waals surface area contributed by atoms with Crippen LogP contribution < -0.4 is 15.4 Å². The van der Waals surface area contributed by atoms with Gasteiger partial charge in [-0.15, -0.1) is 0 Å². The van der Waals surface area contributed by atoms with Crippen molar-refractivity contribution in [2.75, 3.05) is 31.1 Å². The molecule has 11 nitrogen and oxygen atoms in total. The van der Waals surface area contributed by atoms with E-state index in [1.165, 1.54) is 16.9 Å². The Labute approximate surface area is 231 Å². The third-order valence-corrected chi connectivity index (χ3v) is 7.95. The van der Waals surface area contributed by atoms with Crippen LogP contribution in [-0.2, 0) is 22.7 Å². The number of nitrogens with two attached hydrogens (primary N) is 1. The van der Waals surface area contributed by atoms with Crippen LogP contribution in [0.3, 0.4) is 0 Å². The molecule has 1 unspecified atom stereocenters. The summed E-state index contributed by atoms with van der Waals surface area (Å²) in [6.07, 6.45) is 3.74. The number of fused-ring (bicyclic) bond motifs is 2. The van der Waals surface area contributed by atoms with Crippen molar-refractivity contribution in [3.8, 4) is 5.75 Å². The van der Waals surface area contributed by atoms with Crippen LogP contribution >= 0.6 is 0 Å². The lowest BCUT2D eigenvalue weighted by atomic mass is 10.1. The number of aromatic nitrogens is 2. The molecule has 1 aromatic heterocycles. The van der Waals surface area contributed by atoms with Crippen molar-refractivity contribution >= 4 is 34.6 Å². The van der Waals surface area contributed by atoms with Crippen LogP contribution in [0.4, 0.5) is 5.95 Å². The number of aliphatic carboxylic acids is 1. The average Bonchev–Trinajstić information content (AvgIpc) is 3.46. The van der Waals surface area contributed by atoms with Crippen molar-refractivity contribution in [3.63, 3.8) is 0 Å². The van der Waals surface area contributed by atoms with Gasteiger partial charge in [0.2, 0.25) is 11.9 Å². The molecule has 11 heteroatoms. The Morgan fingerprint density at radius 3 is 2.75 bits per heavy atom. The zero-order valence-corrected chi connectivity index (χ0v) is 22.2. The van der Waals surface area contributed by atoms with Crippen LogP contribution in [0.15, 0.2) is 42.6 Å². The number of carbonyl (C=O) groups excluding carboxylic acids is 2. The highest BCUT2D eigenvalue weighted by Crippen LogP contribution is 2.31. The number of hydrogen-bond donors (Lipinski definition) is 2. The number of carboxylic acids is 1. The Morgan fingerprint density at radius 1 is 1.15 bits per heavy atom. The molecule has 2 saturated heterocycles. The summed E-state index contributed by atoms with van der Waals surface area (Å²) >= 11 is 0. The van der Waals surface area contributed by atoms with Crippen molar-refractivity contribution in [1.29, 1.82) is 0 Å². The minimum absolute atomic E-state index is 0.0167. The minimum atomic E-state index is -1.04. The SMILES string of the molecule is NC(=O)C(CCC(=O)O)N1Cc2cc(O[C@H]3CCN(Cc4ccc5nc(N6CCC6)ncc5c4)C3)ccc2C1=O. The highest BCUT2D eigenvalue weighted by molar-refractivity contribution is 6.01. The molecule has 0 aliphatic carbocycles. The molecule has 40 heavy (non-hydrogen) atoms. The number of ether oxygens (including phenoxy) is 1. The van der Waals surface area contributed by atoms with Gasteiger partial charge in [-0.2, -0.15) is 0 Å². The van der Waals surface area contributed by atoms with Crippen LogP contribution in [0.2, 0.25) is 0 Å². The number of nitrogens with zero attached hydrogens (tertiary/aromatic N) is 5. The summed E-state index contributed by atoms with van der Waals surface area (Å²) < 4.78 is 6.28. The van der Waals surface area contributed by atoms with E-state index in [4.69, 9.17) is 20.6 Å². The monoisotopic (exact) mass is 544 g/mol. The molecule has 3 aliphatic rings. The standard InChI is InChI=1S/C29H32N6O5/c30-27(38)25(6-7-26(36)37)35-16-20-13-21(3-4-23(20)28(35)39)40-22-8-11-33(17-22)15-18-2-5-24-19(12-18)14-31-29(32-24)34-9-1-10-34/h2-5,12-14,22,25H,1,6-11,15-17H2,(H2,30,38)(H,36,37)/t22-,25?/m0/s1. The summed E-state index contributed by atoms with van der Waals surface area (Å²) in [6.45, 7) is 4.74. The van der Waals surface area contributed by atoms with Crippen LogP contribution in [0.5, 0.6) is 5.75 Å². The summed E-state index contributed by atoms with van der Waals surface area (Å²) in [5.74, 6) is -0.592. The van der Waals surface area contributed by atoms with Gasteiger partial charge in [-0.25, -0.2) is 9.97 Å². The fraction of sp³-hybridized carbons (Fsp3) is 0.414. The molecule has 6 rings (SSSR count). The fourth-order valence-electron chi connectivity index (χ4n) is 5.68. The van der Waals surface area contributed by atoms with E-state index in [2.05, 4.69) is 33.0 Å². The summed E-state index contributed by atoms with van der Waals surface area (Å²) in [5.41, 5.74) is 8.89. The largest absolute Gasteiger partial charge is 0.489 e. The van der Waals surface area contributed by atoms with E-state index in [0.29, 0.717) is 11.3 Å². The first-order valence-corrected chi connectivity index (χ1v) is 13.7. The maximum Gasteiger partial charge on any atom is 0.303 e. The van der Waals surface area contributed by atoms with E-state index in [1.54, 1.807) is 12.1 Å². The smallest absolute Gasteiger partial charge is 0.303 e. The predicted molar refractivity (Wildman–Crippen MR) is 147 cm³/mol. The zero-order valence-electron chi connectivity index (χ0n) is 22.2. The average molecular weight is 545 g/mol. The molecule has 2 amide bonds. The summed E-state index contributed by atoms with van der Waals surface area (Å²) in [5, 5.41) is 10.0. The highest BCUT2D eigenvalue weighted by atomic mass is 16.5. The zero-order chi connectivity index (χ0) is 27.8. The van der Waals surface area contributed by atoms with Gasteiger partial charge in [0.15, 0.2) is 0 Å². The number of hydrogen-bond acceptors (Lipinski definition) is 8. The molecular weight excluding hydrogens is 512 g/mol. The van der Waals surface area contributed by atoms with E-state index in [9.17, 15) is 14.4 Å². The molecule has 3 aliphatic heterocycles.